The molecule has 1 saturated heterocycles. The summed E-state index contributed by atoms with van der Waals surface area (Å²) >= 11 is 0. The van der Waals surface area contributed by atoms with Crippen LogP contribution >= 0.6 is 0 Å². The normalized spacial score (nSPS) is 15.7. The summed E-state index contributed by atoms with van der Waals surface area (Å²) in [6.45, 7) is 2.98. The van der Waals surface area contributed by atoms with Gasteiger partial charge in [0.2, 0.25) is 5.91 Å². The molecule has 11 nitrogen and oxygen atoms in total. The number of carbonyl (C=O) groups excluding carboxylic acids is 1. The Labute approximate surface area is 230 Å². The van der Waals surface area contributed by atoms with Crippen molar-refractivity contribution < 1.29 is 14.6 Å². The number of benzene rings is 2. The van der Waals surface area contributed by atoms with Crippen molar-refractivity contribution in [1.82, 2.24) is 29.5 Å². The lowest BCUT2D eigenvalue weighted by atomic mass is 10.1. The Bertz CT molecular complexity index is 1750. The highest BCUT2D eigenvalue weighted by molar-refractivity contribution is 6.03. The summed E-state index contributed by atoms with van der Waals surface area (Å²) in [5.74, 6) is 1.52. The first kappa shape index (κ1) is 25.3. The van der Waals surface area contributed by atoms with Crippen molar-refractivity contribution in [2.24, 2.45) is 0 Å². The quantitative estimate of drug-likeness (QED) is 0.198. The van der Waals surface area contributed by atoms with E-state index in [0.29, 0.717) is 33.9 Å². The van der Waals surface area contributed by atoms with Crippen molar-refractivity contribution in [2.75, 3.05) is 24.2 Å². The van der Waals surface area contributed by atoms with Gasteiger partial charge in [-0.15, -0.1) is 0 Å². The fourth-order valence-corrected chi connectivity index (χ4v) is 4.81. The lowest BCUT2D eigenvalue weighted by Gasteiger charge is -2.15. The van der Waals surface area contributed by atoms with Crippen LogP contribution in [0.4, 0.5) is 17.2 Å². The molecule has 11 heteroatoms. The maximum absolute atomic E-state index is 12.6. The van der Waals surface area contributed by atoms with Crippen LogP contribution in [-0.2, 0) is 4.79 Å². The average Bonchev–Trinajstić information content (AvgIpc) is 3.58. The Morgan fingerprint density at radius 3 is 2.85 bits per heavy atom. The smallest absolute Gasteiger partial charge is 0.248 e. The lowest BCUT2D eigenvalue weighted by Crippen LogP contribution is -2.23. The number of phenols is 1. The number of nitrogens with zero attached hydrogens (tertiary/aromatic N) is 6. The molecule has 0 saturated carbocycles. The van der Waals surface area contributed by atoms with Gasteiger partial charge in [-0.25, -0.2) is 19.5 Å². The minimum absolute atomic E-state index is 0.0708. The summed E-state index contributed by atoms with van der Waals surface area (Å²) in [6.07, 6.45) is 10.3. The minimum atomic E-state index is -0.310. The van der Waals surface area contributed by atoms with Gasteiger partial charge in [0, 0.05) is 41.5 Å². The van der Waals surface area contributed by atoms with Crippen LogP contribution in [0, 0.1) is 6.92 Å². The number of pyridine rings is 1. The molecular weight excluding hydrogens is 508 g/mol. The number of likely N-dealkylation sites (tertiary alicyclic amines) is 1. The second kappa shape index (κ2) is 10.6. The van der Waals surface area contributed by atoms with Gasteiger partial charge >= 0.3 is 0 Å². The molecule has 4 heterocycles. The number of rotatable bonds is 7. The Hall–Kier alpha value is -5.03. The molecule has 1 fully saturated rings. The van der Waals surface area contributed by atoms with E-state index in [2.05, 4.69) is 35.6 Å². The van der Waals surface area contributed by atoms with E-state index in [1.54, 1.807) is 16.8 Å². The van der Waals surface area contributed by atoms with Crippen molar-refractivity contribution in [3.63, 3.8) is 0 Å². The number of aromatic hydroxyl groups is 1. The third kappa shape index (κ3) is 5.27. The number of hydrogen-bond acceptors (Lipinski definition) is 9. The largest absolute Gasteiger partial charge is 0.506 e. The SMILES string of the molecule is Cc1cc(Nc2ncnc3cc(O)c(NC(=O)/C=C/[C@H]4CCCN4C)cc23)ccc1Oc1ccn2ncnc2c1. The summed E-state index contributed by atoms with van der Waals surface area (Å²) < 4.78 is 7.74. The molecule has 202 valence electrons. The molecule has 3 aromatic heterocycles. The summed E-state index contributed by atoms with van der Waals surface area (Å²) in [5.41, 5.74) is 3.22. The molecule has 0 bridgehead atoms. The minimum Gasteiger partial charge on any atom is -0.506 e. The number of fused-ring (bicyclic) bond motifs is 2. The monoisotopic (exact) mass is 536 g/mol. The van der Waals surface area contributed by atoms with Crippen molar-refractivity contribution in [2.45, 2.75) is 25.8 Å². The van der Waals surface area contributed by atoms with E-state index in [4.69, 9.17) is 4.74 Å². The molecule has 3 N–H and O–H groups in total. The third-order valence-electron chi connectivity index (χ3n) is 6.97. The fraction of sp³-hybridized carbons (Fsp3) is 0.207. The van der Waals surface area contributed by atoms with Crippen molar-refractivity contribution in [3.8, 4) is 17.2 Å². The molecule has 1 atom stereocenters. The number of likely N-dealkylation sites (N-methyl/N-ethyl adjacent to an activating group) is 1. The molecule has 2 aromatic carbocycles. The Balaban J connectivity index is 1.20. The fourth-order valence-electron chi connectivity index (χ4n) is 4.81. The zero-order chi connectivity index (χ0) is 27.6. The number of nitrogens with one attached hydrogen (secondary N) is 2. The van der Waals surface area contributed by atoms with Crippen LogP contribution in [0.3, 0.4) is 0 Å². The van der Waals surface area contributed by atoms with Crippen LogP contribution in [0.25, 0.3) is 16.6 Å². The Kier molecular flexibility index (Phi) is 6.71. The number of amides is 1. The van der Waals surface area contributed by atoms with Gasteiger partial charge in [0.15, 0.2) is 5.65 Å². The van der Waals surface area contributed by atoms with Gasteiger partial charge in [0.1, 0.15) is 35.7 Å². The van der Waals surface area contributed by atoms with E-state index in [9.17, 15) is 9.90 Å². The van der Waals surface area contributed by atoms with Gasteiger partial charge in [0.25, 0.3) is 0 Å². The van der Waals surface area contributed by atoms with Crippen LogP contribution in [0.1, 0.15) is 18.4 Å². The zero-order valence-corrected chi connectivity index (χ0v) is 22.1. The van der Waals surface area contributed by atoms with Gasteiger partial charge in [-0.2, -0.15) is 5.10 Å². The van der Waals surface area contributed by atoms with Crippen LogP contribution in [-0.4, -0.2) is 60.1 Å². The number of hydrogen-bond donors (Lipinski definition) is 3. The van der Waals surface area contributed by atoms with E-state index in [-0.39, 0.29) is 23.4 Å². The first-order valence-electron chi connectivity index (χ1n) is 12.9. The van der Waals surface area contributed by atoms with Gasteiger partial charge in [-0.05, 0) is 69.3 Å². The maximum Gasteiger partial charge on any atom is 0.248 e. The van der Waals surface area contributed by atoms with E-state index in [0.717, 1.165) is 30.6 Å². The van der Waals surface area contributed by atoms with Gasteiger partial charge in [-0.1, -0.05) is 6.08 Å². The average molecular weight is 537 g/mol. The second-order valence-electron chi connectivity index (χ2n) is 9.78. The van der Waals surface area contributed by atoms with E-state index in [1.807, 2.05) is 50.4 Å². The van der Waals surface area contributed by atoms with E-state index in [1.165, 1.54) is 24.8 Å². The summed E-state index contributed by atoms with van der Waals surface area (Å²) in [5, 5.41) is 21.4. The van der Waals surface area contributed by atoms with E-state index < -0.39 is 0 Å². The highest BCUT2D eigenvalue weighted by atomic mass is 16.5. The lowest BCUT2D eigenvalue weighted by molar-refractivity contribution is -0.112. The molecule has 1 amide bonds. The van der Waals surface area contributed by atoms with Crippen LogP contribution in [0.5, 0.6) is 17.2 Å². The maximum atomic E-state index is 12.6. The van der Waals surface area contributed by atoms with Crippen LogP contribution < -0.4 is 15.4 Å². The van der Waals surface area contributed by atoms with Crippen LogP contribution in [0.15, 0.2) is 73.5 Å². The Morgan fingerprint density at radius 2 is 2.02 bits per heavy atom. The van der Waals surface area contributed by atoms with Gasteiger partial charge in [0.05, 0.1) is 11.2 Å². The van der Waals surface area contributed by atoms with Gasteiger partial charge < -0.3 is 20.5 Å². The zero-order valence-electron chi connectivity index (χ0n) is 22.1. The molecule has 40 heavy (non-hydrogen) atoms. The van der Waals surface area contributed by atoms with Gasteiger partial charge in [-0.3, -0.25) is 9.69 Å². The van der Waals surface area contributed by atoms with Crippen molar-refractivity contribution in [1.29, 1.82) is 0 Å². The molecule has 0 aliphatic carbocycles. The first-order chi connectivity index (χ1) is 19.4. The van der Waals surface area contributed by atoms with Crippen LogP contribution in [0.2, 0.25) is 0 Å². The Morgan fingerprint density at radius 1 is 1.12 bits per heavy atom. The second-order valence-corrected chi connectivity index (χ2v) is 9.78. The molecule has 0 spiro atoms. The number of aromatic nitrogens is 5. The third-order valence-corrected chi connectivity index (χ3v) is 6.97. The van der Waals surface area contributed by atoms with Crippen molar-refractivity contribution >= 4 is 39.6 Å². The number of aryl methyl sites for hydroxylation is 1. The number of phenolic OH excluding ortho intramolecular Hbond substituents is 1. The predicted molar refractivity (Wildman–Crippen MR) is 152 cm³/mol. The predicted octanol–water partition coefficient (Wildman–Crippen LogP) is 4.81. The van der Waals surface area contributed by atoms with E-state index >= 15 is 0 Å². The summed E-state index contributed by atoms with van der Waals surface area (Å²) in [6, 6.07) is 12.8. The molecule has 6 rings (SSSR count). The highest BCUT2D eigenvalue weighted by Crippen LogP contribution is 2.34. The topological polar surface area (TPSA) is 130 Å². The number of ether oxygens (including phenoxy) is 1. The molecule has 0 radical (unpaired) electrons. The molecule has 1 aliphatic heterocycles. The van der Waals surface area contributed by atoms with Crippen molar-refractivity contribution in [3.05, 3.63) is 79.0 Å². The standard InChI is InChI=1S/C29H28N8O3/c1-18-12-19(5-7-26(18)40-21-9-11-37-27(13-21)31-17-33-37)34-29-22-14-24(25(38)15-23(22)30-16-32-29)35-28(39)8-6-20-4-3-10-36(20)2/h5-9,11-17,20,38H,3-4,10H2,1-2H3,(H,35,39)(H,30,32,34)/b8-6+/t20-/m1/s1. The highest BCUT2D eigenvalue weighted by Gasteiger charge is 2.18. The molecule has 0 unspecified atom stereocenters. The number of carbonyl (C=O) groups is 1. The molecular formula is C29H28N8O3. The summed E-state index contributed by atoms with van der Waals surface area (Å²) in [4.78, 5) is 27.7. The molecule has 1 aliphatic rings. The number of anilines is 3. The first-order valence-corrected chi connectivity index (χ1v) is 12.9. The summed E-state index contributed by atoms with van der Waals surface area (Å²) in [7, 11) is 2.05. The molecule has 5 aromatic rings.